The van der Waals surface area contributed by atoms with Gasteiger partial charge in [-0.15, -0.1) is 0 Å². The predicted molar refractivity (Wildman–Crippen MR) is 73.6 cm³/mol. The topological polar surface area (TPSA) is 40.5 Å². The summed E-state index contributed by atoms with van der Waals surface area (Å²) in [5.41, 5.74) is -1.11. The Hall–Kier alpha value is -1.72. The quantitative estimate of drug-likeness (QED) is 0.916. The Kier molecular flexibility index (Phi) is 4.44. The van der Waals surface area contributed by atoms with Gasteiger partial charge in [0, 0.05) is 18.8 Å². The molecule has 1 aromatic rings. The SMILES string of the molecule is CCC1CCCN(c2ccc(C(=O)O)cc2C(F)(F)F)C1. The minimum atomic E-state index is -4.56. The van der Waals surface area contributed by atoms with E-state index in [0.29, 0.717) is 19.0 Å². The van der Waals surface area contributed by atoms with Crippen LogP contribution in [0.2, 0.25) is 0 Å². The van der Waals surface area contributed by atoms with Gasteiger partial charge in [-0.2, -0.15) is 13.2 Å². The molecule has 1 N–H and O–H groups in total. The van der Waals surface area contributed by atoms with Crippen molar-refractivity contribution < 1.29 is 23.1 Å². The lowest BCUT2D eigenvalue weighted by atomic mass is 9.94. The fourth-order valence-electron chi connectivity index (χ4n) is 2.79. The summed E-state index contributed by atoms with van der Waals surface area (Å²) >= 11 is 0. The minimum absolute atomic E-state index is 0.0886. The first kappa shape index (κ1) is 15.7. The summed E-state index contributed by atoms with van der Waals surface area (Å²) in [5.74, 6) is -0.962. The van der Waals surface area contributed by atoms with E-state index in [1.807, 2.05) is 6.92 Å². The maximum absolute atomic E-state index is 13.2. The molecule has 1 fully saturated rings. The molecule has 1 unspecified atom stereocenters. The van der Waals surface area contributed by atoms with Crippen molar-refractivity contribution in [2.45, 2.75) is 32.4 Å². The first-order valence-corrected chi connectivity index (χ1v) is 7.02. The van der Waals surface area contributed by atoms with Crippen LogP contribution in [0.4, 0.5) is 18.9 Å². The largest absolute Gasteiger partial charge is 0.478 e. The highest BCUT2D eigenvalue weighted by Crippen LogP contribution is 2.38. The van der Waals surface area contributed by atoms with Crippen LogP contribution in [-0.4, -0.2) is 24.2 Å². The third kappa shape index (κ3) is 3.49. The van der Waals surface area contributed by atoms with Gasteiger partial charge < -0.3 is 10.0 Å². The van der Waals surface area contributed by atoms with Gasteiger partial charge in [0.25, 0.3) is 0 Å². The average molecular weight is 301 g/mol. The summed E-state index contributed by atoms with van der Waals surface area (Å²) in [6.45, 7) is 3.20. The molecule has 0 saturated carbocycles. The van der Waals surface area contributed by atoms with Crippen molar-refractivity contribution in [1.82, 2.24) is 0 Å². The number of rotatable bonds is 3. The highest BCUT2D eigenvalue weighted by molar-refractivity contribution is 5.88. The van der Waals surface area contributed by atoms with Gasteiger partial charge in [-0.1, -0.05) is 13.3 Å². The van der Waals surface area contributed by atoms with E-state index < -0.39 is 17.7 Å². The zero-order valence-electron chi connectivity index (χ0n) is 11.8. The molecule has 0 radical (unpaired) electrons. The number of anilines is 1. The van der Waals surface area contributed by atoms with Gasteiger partial charge >= 0.3 is 12.1 Å². The molecule has 1 atom stereocenters. The van der Waals surface area contributed by atoms with Crippen molar-refractivity contribution in [2.75, 3.05) is 18.0 Å². The lowest BCUT2D eigenvalue weighted by molar-refractivity contribution is -0.137. The van der Waals surface area contributed by atoms with E-state index in [1.165, 1.54) is 12.1 Å². The molecule has 1 aliphatic rings. The zero-order valence-corrected chi connectivity index (χ0v) is 11.8. The predicted octanol–water partition coefficient (Wildman–Crippen LogP) is 4.03. The Morgan fingerprint density at radius 2 is 2.14 bits per heavy atom. The lowest BCUT2D eigenvalue weighted by Gasteiger charge is -2.35. The number of alkyl halides is 3. The number of hydrogen-bond donors (Lipinski definition) is 1. The first-order valence-electron chi connectivity index (χ1n) is 7.02. The van der Waals surface area contributed by atoms with Crippen LogP contribution in [0.25, 0.3) is 0 Å². The Balaban J connectivity index is 2.40. The fraction of sp³-hybridized carbons (Fsp3) is 0.533. The van der Waals surface area contributed by atoms with Gasteiger partial charge in [-0.3, -0.25) is 0 Å². The van der Waals surface area contributed by atoms with Gasteiger partial charge in [-0.25, -0.2) is 4.79 Å². The summed E-state index contributed by atoms with van der Waals surface area (Å²) in [6, 6.07) is 3.25. The maximum atomic E-state index is 13.2. The van der Waals surface area contributed by atoms with E-state index in [-0.39, 0.29) is 11.3 Å². The van der Waals surface area contributed by atoms with Crippen molar-refractivity contribution >= 4 is 11.7 Å². The number of aromatic carboxylic acids is 1. The van der Waals surface area contributed by atoms with Crippen molar-refractivity contribution in [3.8, 4) is 0 Å². The molecule has 1 heterocycles. The third-order valence-electron chi connectivity index (χ3n) is 3.99. The van der Waals surface area contributed by atoms with E-state index in [9.17, 15) is 18.0 Å². The average Bonchev–Trinajstić information content (AvgIpc) is 2.45. The highest BCUT2D eigenvalue weighted by Gasteiger charge is 2.36. The molecule has 3 nitrogen and oxygen atoms in total. The number of carboxylic acids is 1. The summed E-state index contributed by atoms with van der Waals surface area (Å²) < 4.78 is 39.6. The Morgan fingerprint density at radius 3 is 2.71 bits per heavy atom. The number of benzene rings is 1. The maximum Gasteiger partial charge on any atom is 0.418 e. The molecule has 0 aromatic heterocycles. The second-order valence-corrected chi connectivity index (χ2v) is 5.40. The number of carboxylic acid groups (broad SMARTS) is 1. The molecule has 0 spiro atoms. The fourth-order valence-corrected chi connectivity index (χ4v) is 2.79. The summed E-state index contributed by atoms with van der Waals surface area (Å²) in [7, 11) is 0. The summed E-state index contributed by atoms with van der Waals surface area (Å²) in [5, 5.41) is 8.88. The minimum Gasteiger partial charge on any atom is -0.478 e. The van der Waals surface area contributed by atoms with Crippen LogP contribution in [0.15, 0.2) is 18.2 Å². The molecule has 1 aliphatic heterocycles. The van der Waals surface area contributed by atoms with E-state index in [4.69, 9.17) is 5.11 Å². The van der Waals surface area contributed by atoms with Gasteiger partial charge in [-0.05, 0) is 37.0 Å². The molecule has 6 heteroatoms. The van der Waals surface area contributed by atoms with Gasteiger partial charge in [0.05, 0.1) is 11.1 Å². The summed E-state index contributed by atoms with van der Waals surface area (Å²) in [4.78, 5) is 12.6. The van der Waals surface area contributed by atoms with E-state index in [0.717, 1.165) is 25.3 Å². The van der Waals surface area contributed by atoms with Gasteiger partial charge in [0.15, 0.2) is 0 Å². The van der Waals surface area contributed by atoms with Crippen molar-refractivity contribution in [3.63, 3.8) is 0 Å². The molecule has 0 bridgehead atoms. The Bertz CT molecular complexity index is 528. The van der Waals surface area contributed by atoms with E-state index >= 15 is 0 Å². The van der Waals surface area contributed by atoms with Crippen LogP contribution in [0.3, 0.4) is 0 Å². The van der Waals surface area contributed by atoms with Crippen LogP contribution in [0.1, 0.15) is 42.1 Å². The van der Waals surface area contributed by atoms with Crippen LogP contribution < -0.4 is 4.90 Å². The molecule has 21 heavy (non-hydrogen) atoms. The van der Waals surface area contributed by atoms with Crippen molar-refractivity contribution in [2.24, 2.45) is 5.92 Å². The zero-order chi connectivity index (χ0) is 15.6. The Labute approximate surface area is 121 Å². The molecule has 0 amide bonds. The van der Waals surface area contributed by atoms with Crippen LogP contribution in [0.5, 0.6) is 0 Å². The van der Waals surface area contributed by atoms with Crippen molar-refractivity contribution in [3.05, 3.63) is 29.3 Å². The smallest absolute Gasteiger partial charge is 0.418 e. The number of halogens is 3. The normalized spacial score (nSPS) is 19.6. The highest BCUT2D eigenvalue weighted by atomic mass is 19.4. The standard InChI is InChI=1S/C15H18F3NO2/c1-2-10-4-3-7-19(9-10)13-6-5-11(14(20)21)8-12(13)15(16,17)18/h5-6,8,10H,2-4,7,9H2,1H3,(H,20,21). The molecule has 1 aromatic carbocycles. The van der Waals surface area contributed by atoms with Gasteiger partial charge in [0.2, 0.25) is 0 Å². The van der Waals surface area contributed by atoms with Crippen LogP contribution in [0, 0.1) is 5.92 Å². The van der Waals surface area contributed by atoms with Crippen molar-refractivity contribution in [1.29, 1.82) is 0 Å². The monoisotopic (exact) mass is 301 g/mol. The number of carbonyl (C=O) groups is 1. The van der Waals surface area contributed by atoms with Crippen LogP contribution in [-0.2, 0) is 6.18 Å². The lowest BCUT2D eigenvalue weighted by Crippen LogP contribution is -2.36. The molecule has 116 valence electrons. The second kappa shape index (κ2) is 5.95. The molecule has 1 saturated heterocycles. The molecule has 2 rings (SSSR count). The van der Waals surface area contributed by atoms with Crippen LogP contribution >= 0.6 is 0 Å². The van der Waals surface area contributed by atoms with E-state index in [2.05, 4.69) is 0 Å². The van der Waals surface area contributed by atoms with E-state index in [1.54, 1.807) is 4.90 Å². The second-order valence-electron chi connectivity index (χ2n) is 5.40. The molecule has 0 aliphatic carbocycles. The first-order chi connectivity index (χ1) is 9.82. The van der Waals surface area contributed by atoms with Gasteiger partial charge in [0.1, 0.15) is 0 Å². The molecular weight excluding hydrogens is 283 g/mol. The molecular formula is C15H18F3NO2. The number of piperidine rings is 1. The number of hydrogen-bond acceptors (Lipinski definition) is 2. The number of nitrogens with zero attached hydrogens (tertiary/aromatic N) is 1. The Morgan fingerprint density at radius 1 is 1.43 bits per heavy atom. The third-order valence-corrected chi connectivity index (χ3v) is 3.99. The summed E-state index contributed by atoms with van der Waals surface area (Å²) in [6.07, 6.45) is -1.73.